The van der Waals surface area contributed by atoms with Crippen LogP contribution in [0.4, 0.5) is 5.69 Å². The first-order valence-corrected chi connectivity index (χ1v) is 5.39. The SMILES string of the molecule is COC(=O)C(CC=O)c1ccc(N(C)C)cc1. The molecule has 0 aliphatic carbocycles. The highest BCUT2D eigenvalue weighted by Gasteiger charge is 2.20. The first-order valence-electron chi connectivity index (χ1n) is 5.39. The van der Waals surface area contributed by atoms with Gasteiger partial charge in [0.25, 0.3) is 0 Å². The molecule has 17 heavy (non-hydrogen) atoms. The van der Waals surface area contributed by atoms with Gasteiger partial charge in [0.1, 0.15) is 6.29 Å². The summed E-state index contributed by atoms with van der Waals surface area (Å²) in [5.74, 6) is -0.886. The van der Waals surface area contributed by atoms with E-state index >= 15 is 0 Å². The van der Waals surface area contributed by atoms with E-state index in [4.69, 9.17) is 0 Å². The molecule has 0 aliphatic rings. The molecule has 0 heterocycles. The van der Waals surface area contributed by atoms with Crippen molar-refractivity contribution in [1.29, 1.82) is 0 Å². The van der Waals surface area contributed by atoms with Gasteiger partial charge in [-0.15, -0.1) is 0 Å². The molecule has 0 aromatic heterocycles. The van der Waals surface area contributed by atoms with Crippen molar-refractivity contribution in [1.82, 2.24) is 0 Å². The molecule has 1 atom stereocenters. The molecule has 0 aliphatic heterocycles. The minimum Gasteiger partial charge on any atom is -0.469 e. The van der Waals surface area contributed by atoms with Gasteiger partial charge in [-0.3, -0.25) is 4.79 Å². The Bertz CT molecular complexity index is 384. The third-order valence-corrected chi connectivity index (χ3v) is 2.63. The normalized spacial score (nSPS) is 11.7. The summed E-state index contributed by atoms with van der Waals surface area (Å²) in [5, 5.41) is 0. The second-order valence-electron chi connectivity index (χ2n) is 3.96. The molecule has 4 nitrogen and oxygen atoms in total. The minimum absolute atomic E-state index is 0.147. The topological polar surface area (TPSA) is 46.6 Å². The lowest BCUT2D eigenvalue weighted by Crippen LogP contribution is -2.15. The van der Waals surface area contributed by atoms with Crippen LogP contribution in [0, 0.1) is 0 Å². The van der Waals surface area contributed by atoms with Crippen molar-refractivity contribution in [2.45, 2.75) is 12.3 Å². The van der Waals surface area contributed by atoms with Crippen molar-refractivity contribution in [3.05, 3.63) is 29.8 Å². The summed E-state index contributed by atoms with van der Waals surface area (Å²) in [6.07, 6.45) is 0.884. The second-order valence-corrected chi connectivity index (χ2v) is 3.96. The predicted octanol–water partition coefficient (Wildman–Crippen LogP) is 1.60. The standard InChI is InChI=1S/C13H17NO3/c1-14(2)11-6-4-10(5-7-11)12(8-9-15)13(16)17-3/h4-7,9,12H,8H2,1-3H3. The van der Waals surface area contributed by atoms with Crippen LogP contribution in [0.25, 0.3) is 0 Å². The third-order valence-electron chi connectivity index (χ3n) is 2.63. The molecule has 0 fully saturated rings. The number of rotatable bonds is 5. The number of methoxy groups -OCH3 is 1. The molecule has 0 spiro atoms. The number of ether oxygens (including phenoxy) is 1. The summed E-state index contributed by atoms with van der Waals surface area (Å²) in [5.41, 5.74) is 1.85. The molecule has 4 heteroatoms. The van der Waals surface area contributed by atoms with Crippen LogP contribution in [0.15, 0.2) is 24.3 Å². The van der Waals surface area contributed by atoms with Crippen LogP contribution in [0.5, 0.6) is 0 Å². The number of carbonyl (C=O) groups excluding carboxylic acids is 2. The van der Waals surface area contributed by atoms with Gasteiger partial charge in [0.15, 0.2) is 0 Å². The maximum absolute atomic E-state index is 11.5. The summed E-state index contributed by atoms with van der Waals surface area (Å²) < 4.78 is 4.69. The molecule has 1 aromatic carbocycles. The maximum atomic E-state index is 11.5. The third kappa shape index (κ3) is 3.31. The molecule has 0 saturated heterocycles. The summed E-state index contributed by atoms with van der Waals surface area (Å²) in [6, 6.07) is 7.52. The largest absolute Gasteiger partial charge is 0.469 e. The molecular formula is C13H17NO3. The molecule has 1 aromatic rings. The Morgan fingerprint density at radius 3 is 2.35 bits per heavy atom. The van der Waals surface area contributed by atoms with Crippen LogP contribution in [-0.2, 0) is 14.3 Å². The zero-order valence-corrected chi connectivity index (χ0v) is 10.3. The Hall–Kier alpha value is -1.84. The lowest BCUT2D eigenvalue weighted by Gasteiger charge is -2.15. The summed E-state index contributed by atoms with van der Waals surface area (Å²) in [6.45, 7) is 0. The molecule has 0 radical (unpaired) electrons. The highest BCUT2D eigenvalue weighted by molar-refractivity contribution is 5.81. The van der Waals surface area contributed by atoms with Gasteiger partial charge in [-0.2, -0.15) is 0 Å². The average molecular weight is 235 g/mol. The molecule has 1 rings (SSSR count). The number of aldehydes is 1. The second kappa shape index (κ2) is 6.03. The van der Waals surface area contributed by atoms with Crippen LogP contribution in [0.1, 0.15) is 17.9 Å². The van der Waals surface area contributed by atoms with E-state index < -0.39 is 5.92 Å². The minimum atomic E-state index is -0.506. The fourth-order valence-corrected chi connectivity index (χ4v) is 1.61. The first-order chi connectivity index (χ1) is 8.10. The van der Waals surface area contributed by atoms with Crippen LogP contribution in [0.2, 0.25) is 0 Å². The van der Waals surface area contributed by atoms with E-state index in [9.17, 15) is 9.59 Å². The van der Waals surface area contributed by atoms with Gasteiger partial charge >= 0.3 is 5.97 Å². The van der Waals surface area contributed by atoms with Gasteiger partial charge in [0, 0.05) is 26.2 Å². The van der Waals surface area contributed by atoms with E-state index in [0.29, 0.717) is 0 Å². The van der Waals surface area contributed by atoms with E-state index in [1.165, 1.54) is 7.11 Å². The van der Waals surface area contributed by atoms with Gasteiger partial charge in [-0.05, 0) is 17.7 Å². The quantitative estimate of drug-likeness (QED) is 0.574. The van der Waals surface area contributed by atoms with E-state index in [-0.39, 0.29) is 12.4 Å². The van der Waals surface area contributed by atoms with E-state index in [1.807, 2.05) is 43.3 Å². The highest BCUT2D eigenvalue weighted by Crippen LogP contribution is 2.22. The predicted molar refractivity (Wildman–Crippen MR) is 66.2 cm³/mol. The zero-order valence-electron chi connectivity index (χ0n) is 10.3. The lowest BCUT2D eigenvalue weighted by atomic mass is 9.96. The number of anilines is 1. The Balaban J connectivity index is 2.94. The Morgan fingerprint density at radius 2 is 1.94 bits per heavy atom. The Labute approximate surface area is 101 Å². The fourth-order valence-electron chi connectivity index (χ4n) is 1.61. The molecule has 0 amide bonds. The summed E-state index contributed by atoms with van der Waals surface area (Å²) in [7, 11) is 5.21. The number of hydrogen-bond donors (Lipinski definition) is 0. The molecule has 1 unspecified atom stereocenters. The van der Waals surface area contributed by atoms with Gasteiger partial charge in [-0.1, -0.05) is 12.1 Å². The first kappa shape index (κ1) is 13.2. The van der Waals surface area contributed by atoms with Gasteiger partial charge in [0.05, 0.1) is 13.0 Å². The van der Waals surface area contributed by atoms with E-state index in [0.717, 1.165) is 17.5 Å². The van der Waals surface area contributed by atoms with Gasteiger partial charge in [0.2, 0.25) is 0 Å². The lowest BCUT2D eigenvalue weighted by molar-refractivity contribution is -0.143. The molecule has 0 bridgehead atoms. The van der Waals surface area contributed by atoms with Crippen molar-refractivity contribution in [3.8, 4) is 0 Å². The van der Waals surface area contributed by atoms with Crippen molar-refractivity contribution < 1.29 is 14.3 Å². The monoisotopic (exact) mass is 235 g/mol. The summed E-state index contributed by atoms with van der Waals surface area (Å²) in [4.78, 5) is 24.1. The fraction of sp³-hybridized carbons (Fsp3) is 0.385. The Morgan fingerprint density at radius 1 is 1.35 bits per heavy atom. The van der Waals surface area contributed by atoms with Crippen LogP contribution in [-0.4, -0.2) is 33.5 Å². The van der Waals surface area contributed by atoms with Crippen LogP contribution in [0.3, 0.4) is 0 Å². The van der Waals surface area contributed by atoms with Crippen molar-refractivity contribution in [2.75, 3.05) is 26.1 Å². The van der Waals surface area contributed by atoms with E-state index in [1.54, 1.807) is 0 Å². The Kier molecular flexibility index (Phi) is 4.69. The smallest absolute Gasteiger partial charge is 0.313 e. The number of carbonyl (C=O) groups is 2. The highest BCUT2D eigenvalue weighted by atomic mass is 16.5. The van der Waals surface area contributed by atoms with E-state index in [2.05, 4.69) is 4.74 Å². The van der Waals surface area contributed by atoms with Gasteiger partial charge in [-0.25, -0.2) is 0 Å². The van der Waals surface area contributed by atoms with Gasteiger partial charge < -0.3 is 14.4 Å². The van der Waals surface area contributed by atoms with Crippen molar-refractivity contribution in [2.24, 2.45) is 0 Å². The van der Waals surface area contributed by atoms with Crippen LogP contribution >= 0.6 is 0 Å². The molecule has 0 saturated carbocycles. The average Bonchev–Trinajstić information content (AvgIpc) is 2.35. The number of benzene rings is 1. The summed E-state index contributed by atoms with van der Waals surface area (Å²) >= 11 is 0. The maximum Gasteiger partial charge on any atom is 0.313 e. The van der Waals surface area contributed by atoms with Crippen molar-refractivity contribution >= 4 is 17.9 Å². The van der Waals surface area contributed by atoms with Crippen LogP contribution < -0.4 is 4.90 Å². The number of esters is 1. The van der Waals surface area contributed by atoms with Crippen molar-refractivity contribution in [3.63, 3.8) is 0 Å². The number of hydrogen-bond acceptors (Lipinski definition) is 4. The molecule has 0 N–H and O–H groups in total. The molecular weight excluding hydrogens is 218 g/mol. The molecule has 92 valence electrons. The zero-order chi connectivity index (χ0) is 12.8. The number of nitrogens with zero attached hydrogens (tertiary/aromatic N) is 1.